The summed E-state index contributed by atoms with van der Waals surface area (Å²) in [7, 11) is 0. The number of halogens is 2. The number of amides is 1. The van der Waals surface area contributed by atoms with E-state index >= 15 is 0 Å². The lowest BCUT2D eigenvalue weighted by Gasteiger charge is -2.38. The van der Waals surface area contributed by atoms with Crippen molar-refractivity contribution in [3.63, 3.8) is 0 Å². The number of aromatic nitrogens is 1. The van der Waals surface area contributed by atoms with Crippen LogP contribution in [0.4, 0.5) is 5.13 Å². The molecule has 3 rings (SSSR count). The maximum absolute atomic E-state index is 12.6. The van der Waals surface area contributed by atoms with Gasteiger partial charge in [-0.25, -0.2) is 4.98 Å². The van der Waals surface area contributed by atoms with Gasteiger partial charge in [0, 0.05) is 10.9 Å². The van der Waals surface area contributed by atoms with Gasteiger partial charge in [0.15, 0.2) is 5.13 Å². The van der Waals surface area contributed by atoms with Crippen LogP contribution in [-0.4, -0.2) is 10.9 Å². The van der Waals surface area contributed by atoms with Crippen LogP contribution in [-0.2, 0) is 4.79 Å². The maximum atomic E-state index is 12.6. The molecule has 3 nitrogen and oxygen atoms in total. The Kier molecular flexibility index (Phi) is 4.60. The lowest BCUT2D eigenvalue weighted by atomic mass is 9.68. The Balaban J connectivity index is 1.79. The summed E-state index contributed by atoms with van der Waals surface area (Å²) in [6, 6.07) is 3.46. The molecule has 1 amide bonds. The zero-order valence-corrected chi connectivity index (χ0v) is 15.8. The largest absolute Gasteiger partial charge is 0.302 e. The van der Waals surface area contributed by atoms with Gasteiger partial charge in [-0.2, -0.15) is 0 Å². The van der Waals surface area contributed by atoms with Gasteiger partial charge in [-0.05, 0) is 42.7 Å². The summed E-state index contributed by atoms with van der Waals surface area (Å²) >= 11 is 13.6. The Morgan fingerprint density at radius 2 is 2.09 bits per heavy atom. The number of benzene rings is 1. The second kappa shape index (κ2) is 6.23. The molecule has 1 aliphatic rings. The minimum Gasteiger partial charge on any atom is -0.302 e. The maximum Gasteiger partial charge on any atom is 0.229 e. The molecule has 2 aromatic rings. The molecule has 1 aromatic heterocycles. The van der Waals surface area contributed by atoms with Crippen LogP contribution in [0.15, 0.2) is 12.1 Å². The van der Waals surface area contributed by atoms with Crippen LogP contribution in [0.3, 0.4) is 0 Å². The summed E-state index contributed by atoms with van der Waals surface area (Å²) in [5.74, 6) is 0.670. The van der Waals surface area contributed by atoms with E-state index in [-0.39, 0.29) is 17.2 Å². The van der Waals surface area contributed by atoms with E-state index in [1.165, 1.54) is 17.8 Å². The minimum absolute atomic E-state index is 0.0415. The number of fused-ring (bicyclic) bond motifs is 1. The van der Waals surface area contributed by atoms with Crippen LogP contribution in [0, 0.1) is 17.3 Å². The summed E-state index contributed by atoms with van der Waals surface area (Å²) < 4.78 is 0.851. The number of thiazole rings is 1. The van der Waals surface area contributed by atoms with Gasteiger partial charge in [0.2, 0.25) is 5.91 Å². The average molecular weight is 371 g/mol. The molecule has 0 bridgehead atoms. The molecule has 0 saturated heterocycles. The molecular formula is C17H20Cl2N2OS. The van der Waals surface area contributed by atoms with Gasteiger partial charge in [0.05, 0.1) is 15.2 Å². The van der Waals surface area contributed by atoms with E-state index in [1.54, 1.807) is 12.1 Å². The third-order valence-electron chi connectivity index (χ3n) is 4.40. The number of hydrogen-bond donors (Lipinski definition) is 1. The first-order chi connectivity index (χ1) is 10.7. The SMILES string of the molecule is CC1CC(C(=O)Nc2nc3cc(Cl)cc(Cl)c3s2)CC(C)(C)C1. The molecule has 1 saturated carbocycles. The molecule has 6 heteroatoms. The molecule has 1 heterocycles. The molecule has 1 N–H and O–H groups in total. The third-order valence-corrected chi connectivity index (χ3v) is 6.05. The fourth-order valence-electron chi connectivity index (χ4n) is 3.77. The van der Waals surface area contributed by atoms with E-state index < -0.39 is 0 Å². The van der Waals surface area contributed by atoms with Crippen molar-refractivity contribution in [3.8, 4) is 0 Å². The lowest BCUT2D eigenvalue weighted by molar-refractivity contribution is -0.122. The predicted octanol–water partition coefficient (Wildman–Crippen LogP) is 6.00. The van der Waals surface area contributed by atoms with Crippen molar-refractivity contribution in [2.45, 2.75) is 40.0 Å². The Morgan fingerprint density at radius 1 is 1.35 bits per heavy atom. The number of anilines is 1. The van der Waals surface area contributed by atoms with Gasteiger partial charge in [-0.3, -0.25) is 4.79 Å². The highest BCUT2D eigenvalue weighted by Crippen LogP contribution is 2.42. The normalized spacial score (nSPS) is 23.9. The molecule has 2 unspecified atom stereocenters. The minimum atomic E-state index is 0.0415. The molecule has 0 spiro atoms. The standard InChI is InChI=1S/C17H20Cl2N2OS/c1-9-4-10(8-17(2,3)7-9)15(22)21-16-20-13-6-11(18)5-12(19)14(13)23-16/h5-6,9-10H,4,7-8H2,1-3H3,(H,20,21,22). The zero-order valence-electron chi connectivity index (χ0n) is 13.5. The molecule has 1 aliphatic carbocycles. The van der Waals surface area contributed by atoms with E-state index in [4.69, 9.17) is 23.2 Å². The van der Waals surface area contributed by atoms with Crippen LogP contribution < -0.4 is 5.32 Å². The highest BCUT2D eigenvalue weighted by Gasteiger charge is 2.35. The Labute approximate surface area is 150 Å². The first-order valence-electron chi connectivity index (χ1n) is 7.80. The number of hydrogen-bond acceptors (Lipinski definition) is 3. The van der Waals surface area contributed by atoms with E-state index in [0.717, 1.165) is 23.1 Å². The summed E-state index contributed by atoms with van der Waals surface area (Å²) in [6.45, 7) is 6.70. The zero-order chi connectivity index (χ0) is 16.8. The van der Waals surface area contributed by atoms with Gasteiger partial charge in [-0.1, -0.05) is 55.3 Å². The number of rotatable bonds is 2. The first kappa shape index (κ1) is 17.0. The quantitative estimate of drug-likeness (QED) is 0.703. The first-order valence-corrected chi connectivity index (χ1v) is 9.37. The Bertz CT molecular complexity index is 756. The number of nitrogens with one attached hydrogen (secondary N) is 1. The predicted molar refractivity (Wildman–Crippen MR) is 98.6 cm³/mol. The summed E-state index contributed by atoms with van der Waals surface area (Å²) in [4.78, 5) is 17.1. The molecule has 23 heavy (non-hydrogen) atoms. The molecule has 1 fully saturated rings. The topological polar surface area (TPSA) is 42.0 Å². The second-order valence-electron chi connectivity index (χ2n) is 7.35. The number of carbonyl (C=O) groups is 1. The van der Waals surface area contributed by atoms with Gasteiger partial charge >= 0.3 is 0 Å². The van der Waals surface area contributed by atoms with Crippen molar-refractivity contribution < 1.29 is 4.79 Å². The highest BCUT2D eigenvalue weighted by molar-refractivity contribution is 7.23. The lowest BCUT2D eigenvalue weighted by Crippen LogP contribution is -2.34. The monoisotopic (exact) mass is 370 g/mol. The summed E-state index contributed by atoms with van der Waals surface area (Å²) in [5, 5.41) is 4.68. The Hall–Kier alpha value is -0.840. The van der Waals surface area contributed by atoms with Crippen molar-refractivity contribution in [2.75, 3.05) is 5.32 Å². The second-order valence-corrected chi connectivity index (χ2v) is 9.20. The van der Waals surface area contributed by atoms with E-state index in [0.29, 0.717) is 21.1 Å². The van der Waals surface area contributed by atoms with Crippen LogP contribution in [0.1, 0.15) is 40.0 Å². The molecule has 0 radical (unpaired) electrons. The van der Waals surface area contributed by atoms with Crippen molar-refractivity contribution in [3.05, 3.63) is 22.2 Å². The number of carbonyl (C=O) groups excluding carboxylic acids is 1. The van der Waals surface area contributed by atoms with Crippen LogP contribution >= 0.6 is 34.5 Å². The van der Waals surface area contributed by atoms with Crippen molar-refractivity contribution in [2.24, 2.45) is 17.3 Å². The van der Waals surface area contributed by atoms with Gasteiger partial charge < -0.3 is 5.32 Å². The van der Waals surface area contributed by atoms with Gasteiger partial charge in [-0.15, -0.1) is 0 Å². The molecule has 124 valence electrons. The molecule has 0 aliphatic heterocycles. The van der Waals surface area contributed by atoms with E-state index in [9.17, 15) is 4.79 Å². The molecule has 1 aromatic carbocycles. The summed E-state index contributed by atoms with van der Waals surface area (Å²) in [5.41, 5.74) is 0.935. The van der Waals surface area contributed by atoms with E-state index in [2.05, 4.69) is 31.1 Å². The number of nitrogens with zero attached hydrogens (tertiary/aromatic N) is 1. The van der Waals surface area contributed by atoms with Gasteiger partial charge in [0.25, 0.3) is 0 Å². The van der Waals surface area contributed by atoms with Gasteiger partial charge in [0.1, 0.15) is 0 Å². The summed E-state index contributed by atoms with van der Waals surface area (Å²) in [6.07, 6.45) is 3.03. The van der Waals surface area contributed by atoms with Crippen LogP contribution in [0.2, 0.25) is 10.0 Å². The van der Waals surface area contributed by atoms with Crippen molar-refractivity contribution in [1.29, 1.82) is 0 Å². The molecular weight excluding hydrogens is 351 g/mol. The Morgan fingerprint density at radius 3 is 2.78 bits per heavy atom. The average Bonchev–Trinajstić information content (AvgIpc) is 2.78. The third kappa shape index (κ3) is 3.81. The fourth-order valence-corrected chi connectivity index (χ4v) is 5.22. The fraction of sp³-hybridized carbons (Fsp3) is 0.529. The van der Waals surface area contributed by atoms with Crippen molar-refractivity contribution >= 4 is 55.8 Å². The van der Waals surface area contributed by atoms with Crippen LogP contribution in [0.25, 0.3) is 10.2 Å². The van der Waals surface area contributed by atoms with Crippen molar-refractivity contribution in [1.82, 2.24) is 4.98 Å². The van der Waals surface area contributed by atoms with E-state index in [1.807, 2.05) is 0 Å². The smallest absolute Gasteiger partial charge is 0.229 e. The highest BCUT2D eigenvalue weighted by atomic mass is 35.5. The molecule has 2 atom stereocenters. The van der Waals surface area contributed by atoms with Crippen LogP contribution in [0.5, 0.6) is 0 Å².